The Kier molecular flexibility index (Phi) is 6.67. The highest BCUT2D eigenvalue weighted by atomic mass is 32.2. The summed E-state index contributed by atoms with van der Waals surface area (Å²) in [5.41, 5.74) is 8.29. The van der Waals surface area contributed by atoms with Gasteiger partial charge in [-0.15, -0.1) is 11.3 Å². The predicted octanol–water partition coefficient (Wildman–Crippen LogP) is 3.00. The molecule has 8 heteroatoms. The van der Waals surface area contributed by atoms with Crippen LogP contribution in [0.25, 0.3) is 0 Å². The standard InChI is InChI=1S/C21H21N3O3S2/c22-13-17-8-9-20(23)18(11-17)14-24(29(26,27)21-7-4-10-28-21)19(15-25)12-16-5-2-1-3-6-16/h1-11,19,25H,12,14-15,23H2/t19-/m1/s1. The maximum Gasteiger partial charge on any atom is 0.253 e. The Morgan fingerprint density at radius 2 is 1.90 bits per heavy atom. The zero-order valence-electron chi connectivity index (χ0n) is 15.6. The van der Waals surface area contributed by atoms with Gasteiger partial charge in [-0.3, -0.25) is 0 Å². The van der Waals surface area contributed by atoms with Crippen LogP contribution in [-0.4, -0.2) is 30.5 Å². The third-order valence-corrected chi connectivity index (χ3v) is 7.86. The molecule has 0 fully saturated rings. The van der Waals surface area contributed by atoms with Gasteiger partial charge in [-0.25, -0.2) is 8.42 Å². The summed E-state index contributed by atoms with van der Waals surface area (Å²) in [6.07, 6.45) is 0.347. The van der Waals surface area contributed by atoms with Gasteiger partial charge in [0.2, 0.25) is 0 Å². The van der Waals surface area contributed by atoms with Crippen LogP contribution < -0.4 is 5.73 Å². The summed E-state index contributed by atoms with van der Waals surface area (Å²) in [7, 11) is -3.87. The molecule has 6 nitrogen and oxygen atoms in total. The molecule has 3 rings (SSSR count). The Labute approximate surface area is 174 Å². The number of rotatable bonds is 8. The van der Waals surface area contributed by atoms with Gasteiger partial charge in [0.15, 0.2) is 0 Å². The molecule has 0 radical (unpaired) electrons. The Morgan fingerprint density at radius 3 is 2.52 bits per heavy atom. The molecule has 1 heterocycles. The van der Waals surface area contributed by atoms with Crippen molar-refractivity contribution in [2.45, 2.75) is 23.2 Å². The van der Waals surface area contributed by atoms with Gasteiger partial charge in [0.05, 0.1) is 24.3 Å². The van der Waals surface area contributed by atoms with Gasteiger partial charge >= 0.3 is 0 Å². The minimum absolute atomic E-state index is 0.0420. The van der Waals surface area contributed by atoms with Gasteiger partial charge in [0, 0.05) is 12.2 Å². The molecular weight excluding hydrogens is 406 g/mol. The zero-order valence-corrected chi connectivity index (χ0v) is 17.2. The van der Waals surface area contributed by atoms with Gasteiger partial charge in [0.25, 0.3) is 10.0 Å². The number of hydrogen-bond acceptors (Lipinski definition) is 6. The minimum atomic E-state index is -3.87. The lowest BCUT2D eigenvalue weighted by molar-refractivity contribution is 0.182. The molecule has 2 aromatic carbocycles. The summed E-state index contributed by atoms with van der Waals surface area (Å²) in [6.45, 7) is -0.392. The normalized spacial score (nSPS) is 12.6. The fraction of sp³-hybridized carbons (Fsp3) is 0.190. The lowest BCUT2D eigenvalue weighted by Crippen LogP contribution is -2.43. The highest BCUT2D eigenvalue weighted by Gasteiger charge is 2.32. The number of hydrogen-bond donors (Lipinski definition) is 2. The van der Waals surface area contributed by atoms with E-state index in [0.29, 0.717) is 23.2 Å². The lowest BCUT2D eigenvalue weighted by Gasteiger charge is -2.30. The first-order valence-electron chi connectivity index (χ1n) is 8.94. The van der Waals surface area contributed by atoms with Crippen LogP contribution in [0.5, 0.6) is 0 Å². The molecule has 0 saturated heterocycles. The second-order valence-electron chi connectivity index (χ2n) is 6.53. The summed E-state index contributed by atoms with van der Waals surface area (Å²) in [5, 5.41) is 21.0. The molecule has 150 valence electrons. The van der Waals surface area contributed by atoms with Crippen LogP contribution in [0.3, 0.4) is 0 Å². The van der Waals surface area contributed by atoms with E-state index >= 15 is 0 Å². The fourth-order valence-corrected chi connectivity index (χ4v) is 5.77. The molecule has 0 saturated carbocycles. The molecule has 0 unspecified atom stereocenters. The summed E-state index contributed by atoms with van der Waals surface area (Å²) in [6, 6.07) is 18.7. The van der Waals surface area contributed by atoms with Crippen molar-refractivity contribution < 1.29 is 13.5 Å². The topological polar surface area (TPSA) is 107 Å². The Bertz CT molecular complexity index is 1090. The van der Waals surface area contributed by atoms with E-state index in [-0.39, 0.29) is 17.4 Å². The van der Waals surface area contributed by atoms with E-state index in [9.17, 15) is 18.8 Å². The van der Waals surface area contributed by atoms with Crippen LogP contribution in [0.4, 0.5) is 5.69 Å². The Hall–Kier alpha value is -2.70. The van der Waals surface area contributed by atoms with Crippen LogP contribution in [0.15, 0.2) is 70.3 Å². The third-order valence-electron chi connectivity index (χ3n) is 4.59. The summed E-state index contributed by atoms with van der Waals surface area (Å²) in [5.74, 6) is 0. The van der Waals surface area contributed by atoms with Gasteiger partial charge in [0.1, 0.15) is 4.21 Å². The quantitative estimate of drug-likeness (QED) is 0.537. The maximum absolute atomic E-state index is 13.4. The lowest BCUT2D eigenvalue weighted by atomic mass is 10.1. The SMILES string of the molecule is N#Cc1ccc(N)c(CN([C@@H](CO)Cc2ccccc2)S(=O)(=O)c2cccs2)c1. The van der Waals surface area contributed by atoms with Gasteiger partial charge in [-0.1, -0.05) is 36.4 Å². The molecule has 0 amide bonds. The summed E-state index contributed by atoms with van der Waals surface area (Å²) >= 11 is 1.12. The van der Waals surface area contributed by atoms with Crippen LogP contribution in [-0.2, 0) is 23.0 Å². The van der Waals surface area contributed by atoms with E-state index in [1.165, 1.54) is 4.31 Å². The number of aliphatic hydroxyl groups is 1. The van der Waals surface area contributed by atoms with Crippen LogP contribution >= 0.6 is 11.3 Å². The summed E-state index contributed by atoms with van der Waals surface area (Å²) in [4.78, 5) is 0. The van der Waals surface area contributed by atoms with Crippen molar-refractivity contribution in [3.05, 3.63) is 82.7 Å². The number of nitrogens with two attached hydrogens (primary N) is 1. The molecule has 1 atom stereocenters. The fourth-order valence-electron chi connectivity index (χ4n) is 3.06. The minimum Gasteiger partial charge on any atom is -0.398 e. The van der Waals surface area contributed by atoms with E-state index < -0.39 is 16.1 Å². The molecule has 0 aliphatic rings. The number of aliphatic hydroxyl groups excluding tert-OH is 1. The molecule has 3 aromatic rings. The monoisotopic (exact) mass is 427 g/mol. The molecule has 1 aromatic heterocycles. The molecule has 3 N–H and O–H groups in total. The van der Waals surface area contributed by atoms with E-state index in [1.54, 1.807) is 35.7 Å². The van der Waals surface area contributed by atoms with Crippen molar-refractivity contribution in [2.75, 3.05) is 12.3 Å². The largest absolute Gasteiger partial charge is 0.398 e. The number of anilines is 1. The van der Waals surface area contributed by atoms with Crippen molar-refractivity contribution >= 4 is 27.0 Å². The number of sulfonamides is 1. The van der Waals surface area contributed by atoms with E-state index in [2.05, 4.69) is 0 Å². The third kappa shape index (κ3) is 4.83. The number of nitriles is 1. The number of benzene rings is 2. The van der Waals surface area contributed by atoms with Crippen LogP contribution in [0.1, 0.15) is 16.7 Å². The molecule has 0 aliphatic heterocycles. The van der Waals surface area contributed by atoms with E-state index in [1.807, 2.05) is 36.4 Å². The van der Waals surface area contributed by atoms with E-state index in [4.69, 9.17) is 5.73 Å². The Balaban J connectivity index is 2.03. The van der Waals surface area contributed by atoms with Crippen molar-refractivity contribution in [1.82, 2.24) is 4.31 Å². The first kappa shape index (κ1) is 21.0. The maximum atomic E-state index is 13.4. The molecule has 0 bridgehead atoms. The first-order valence-corrected chi connectivity index (χ1v) is 11.3. The van der Waals surface area contributed by atoms with Gasteiger partial charge in [-0.2, -0.15) is 9.57 Å². The second kappa shape index (κ2) is 9.20. The van der Waals surface area contributed by atoms with Gasteiger partial charge < -0.3 is 10.8 Å². The smallest absolute Gasteiger partial charge is 0.253 e. The molecule has 0 spiro atoms. The average molecular weight is 428 g/mol. The number of nitrogen functional groups attached to an aromatic ring is 1. The van der Waals surface area contributed by atoms with Crippen molar-refractivity contribution in [2.24, 2.45) is 0 Å². The predicted molar refractivity (Wildman–Crippen MR) is 114 cm³/mol. The van der Waals surface area contributed by atoms with Gasteiger partial charge in [-0.05, 0) is 47.2 Å². The average Bonchev–Trinajstić information content (AvgIpc) is 3.28. The van der Waals surface area contributed by atoms with Crippen molar-refractivity contribution in [3.63, 3.8) is 0 Å². The number of nitrogens with zero attached hydrogens (tertiary/aromatic N) is 2. The molecule has 0 aliphatic carbocycles. The highest BCUT2D eigenvalue weighted by molar-refractivity contribution is 7.91. The highest BCUT2D eigenvalue weighted by Crippen LogP contribution is 2.28. The van der Waals surface area contributed by atoms with Crippen molar-refractivity contribution in [1.29, 1.82) is 5.26 Å². The zero-order chi connectivity index (χ0) is 20.9. The molecule has 29 heavy (non-hydrogen) atoms. The Morgan fingerprint density at radius 1 is 1.14 bits per heavy atom. The van der Waals surface area contributed by atoms with E-state index in [0.717, 1.165) is 16.9 Å². The summed E-state index contributed by atoms with van der Waals surface area (Å²) < 4.78 is 28.2. The second-order valence-corrected chi connectivity index (χ2v) is 9.60. The van der Waals surface area contributed by atoms with Crippen LogP contribution in [0, 0.1) is 11.3 Å². The van der Waals surface area contributed by atoms with Crippen molar-refractivity contribution in [3.8, 4) is 6.07 Å². The van der Waals surface area contributed by atoms with Crippen LogP contribution in [0.2, 0.25) is 0 Å². The first-order chi connectivity index (χ1) is 14.0. The molecular formula is C21H21N3O3S2. The number of thiophene rings is 1.